The molecular weight excluding hydrogens is 715 g/mol. The SMILES string of the molecule is O=S(=O)(O)C(F)(F)C(F)(F)C(F)(F)C(F)(F)C(F)(F)C(F)(F)C(F)(F)C(F)(F)C(F)(F)C(F)(F)C(F)(F)OC(F)(F)F. The van der Waals surface area contributed by atoms with Gasteiger partial charge < -0.3 is 0 Å². The monoisotopic (exact) mass is 716 g/mol. The van der Waals surface area contributed by atoms with Gasteiger partial charge in [-0.15, -0.1) is 13.2 Å². The van der Waals surface area contributed by atoms with E-state index in [1.165, 1.54) is 0 Å². The highest BCUT2D eigenvalue weighted by Gasteiger charge is 2.99. The van der Waals surface area contributed by atoms with E-state index in [4.69, 9.17) is 4.55 Å². The number of rotatable bonds is 12. The summed E-state index contributed by atoms with van der Waals surface area (Å²) in [6.45, 7) is 0. The molecule has 4 nitrogen and oxygen atoms in total. The van der Waals surface area contributed by atoms with E-state index in [9.17, 15) is 118 Å². The third-order valence-corrected chi connectivity index (χ3v) is 5.36. The van der Waals surface area contributed by atoms with Gasteiger partial charge >= 0.3 is 81.1 Å². The van der Waals surface area contributed by atoms with Crippen LogP contribution in [-0.2, 0) is 14.9 Å². The summed E-state index contributed by atoms with van der Waals surface area (Å²) >= 11 is 0. The van der Waals surface area contributed by atoms with Crippen LogP contribution >= 0.6 is 0 Å². The average Bonchev–Trinajstić information content (AvgIpc) is 2.69. The van der Waals surface area contributed by atoms with E-state index in [-0.39, 0.29) is 0 Å². The second-order valence-corrected chi connectivity index (χ2v) is 8.69. The normalized spacial score (nSPS) is 17.1. The molecule has 0 aromatic rings. The Kier molecular flexibility index (Phi) is 9.13. The van der Waals surface area contributed by atoms with Crippen molar-refractivity contribution in [2.75, 3.05) is 0 Å². The van der Waals surface area contributed by atoms with Gasteiger partial charge in [0.05, 0.1) is 0 Å². The number of alkyl halides is 25. The standard InChI is InChI=1S/C12HF25O4S/c13-1(14,3(17,18)5(21,22)7(25,26)9(29,30)11(33,34)42(38,39)40)2(15,16)4(19,20)6(23,24)8(27,28)10(31,32)41-12(35,36)37/h(H,38,39,40). The molecule has 0 aromatic heterocycles. The fourth-order valence-electron chi connectivity index (χ4n) is 2.12. The van der Waals surface area contributed by atoms with Crippen LogP contribution < -0.4 is 0 Å². The van der Waals surface area contributed by atoms with Gasteiger partial charge in [-0.2, -0.15) is 105 Å². The predicted octanol–water partition coefficient (Wildman–Crippen LogP) is 7.31. The van der Waals surface area contributed by atoms with E-state index in [0.29, 0.717) is 0 Å². The van der Waals surface area contributed by atoms with Gasteiger partial charge in [-0.05, 0) is 0 Å². The van der Waals surface area contributed by atoms with Gasteiger partial charge in [0, 0.05) is 0 Å². The van der Waals surface area contributed by atoms with Crippen molar-refractivity contribution < 1.29 is 127 Å². The van der Waals surface area contributed by atoms with Gasteiger partial charge in [0.25, 0.3) is 0 Å². The third kappa shape index (κ3) is 4.94. The molecule has 0 amide bonds. The summed E-state index contributed by atoms with van der Waals surface area (Å²) in [7, 11) is -8.24. The quantitative estimate of drug-likeness (QED) is 0.170. The molecular formula is C12HF25O4S. The Morgan fingerprint density at radius 1 is 0.357 bits per heavy atom. The van der Waals surface area contributed by atoms with Crippen molar-refractivity contribution in [3.8, 4) is 0 Å². The first kappa shape index (κ1) is 40.1. The zero-order valence-electron chi connectivity index (χ0n) is 17.5. The summed E-state index contributed by atoms with van der Waals surface area (Å²) < 4.78 is 356. The first-order valence-corrected chi connectivity index (χ1v) is 9.79. The smallest absolute Gasteiger partial charge is 0.281 e. The number of hydrogen-bond donors (Lipinski definition) is 1. The van der Waals surface area contributed by atoms with Crippen molar-refractivity contribution in [3.05, 3.63) is 0 Å². The molecule has 0 aromatic carbocycles. The Morgan fingerprint density at radius 2 is 0.548 bits per heavy atom. The van der Waals surface area contributed by atoms with E-state index in [2.05, 4.69) is 0 Å². The highest BCUT2D eigenvalue weighted by atomic mass is 32.2. The van der Waals surface area contributed by atoms with Gasteiger partial charge in [0.1, 0.15) is 0 Å². The Morgan fingerprint density at radius 3 is 0.738 bits per heavy atom. The minimum absolute atomic E-state index is 0.912. The third-order valence-electron chi connectivity index (χ3n) is 4.45. The largest absolute Gasteiger partial charge is 0.527 e. The topological polar surface area (TPSA) is 63.6 Å². The van der Waals surface area contributed by atoms with E-state index in [1.807, 2.05) is 0 Å². The van der Waals surface area contributed by atoms with Crippen molar-refractivity contribution in [3.63, 3.8) is 0 Å². The fourth-order valence-corrected chi connectivity index (χ4v) is 2.57. The summed E-state index contributed by atoms with van der Waals surface area (Å²) in [5, 5.41) is -8.22. The Balaban J connectivity index is 7.38. The molecule has 0 bridgehead atoms. The zero-order valence-corrected chi connectivity index (χ0v) is 18.3. The summed E-state index contributed by atoms with van der Waals surface area (Å²) in [6.07, 6.45) is -15.6. The van der Waals surface area contributed by atoms with Gasteiger partial charge in [0.15, 0.2) is 0 Å². The predicted molar refractivity (Wildman–Crippen MR) is 73.1 cm³/mol. The van der Waals surface area contributed by atoms with Gasteiger partial charge in [0.2, 0.25) is 0 Å². The molecule has 0 radical (unpaired) electrons. The fraction of sp³-hybridized carbons (Fsp3) is 1.00. The first-order valence-electron chi connectivity index (χ1n) is 8.35. The van der Waals surface area contributed by atoms with Crippen LogP contribution in [0, 0.1) is 0 Å². The average molecular weight is 716 g/mol. The Bertz CT molecular complexity index is 1120. The number of hydrogen-bond acceptors (Lipinski definition) is 3. The van der Waals surface area contributed by atoms with Gasteiger partial charge in [-0.3, -0.25) is 4.55 Å². The maximum atomic E-state index is 13.5. The molecule has 0 saturated carbocycles. The molecule has 0 spiro atoms. The second kappa shape index (κ2) is 9.56. The molecule has 0 unspecified atom stereocenters. The lowest BCUT2D eigenvalue weighted by Gasteiger charge is -2.45. The van der Waals surface area contributed by atoms with Crippen LogP contribution in [-0.4, -0.2) is 84.0 Å². The van der Waals surface area contributed by atoms with Crippen LogP contribution in [0.1, 0.15) is 0 Å². The van der Waals surface area contributed by atoms with Crippen LogP contribution in [0.25, 0.3) is 0 Å². The minimum atomic E-state index is -9.74. The number of ether oxygens (including phenoxy) is 1. The lowest BCUT2D eigenvalue weighted by Crippen LogP contribution is -2.78. The van der Waals surface area contributed by atoms with Crippen LogP contribution in [0.3, 0.4) is 0 Å². The lowest BCUT2D eigenvalue weighted by atomic mass is 9.86. The van der Waals surface area contributed by atoms with Crippen molar-refractivity contribution >= 4 is 10.1 Å². The minimum Gasteiger partial charge on any atom is -0.281 e. The maximum absolute atomic E-state index is 13.5. The van der Waals surface area contributed by atoms with Crippen LogP contribution in [0.5, 0.6) is 0 Å². The summed E-state index contributed by atoms with van der Waals surface area (Å²) in [5.41, 5.74) is 0. The summed E-state index contributed by atoms with van der Waals surface area (Å²) in [5.74, 6) is -84.8. The summed E-state index contributed by atoms with van der Waals surface area (Å²) in [4.78, 5) is 0. The van der Waals surface area contributed by atoms with E-state index in [1.54, 1.807) is 0 Å². The molecule has 254 valence electrons. The molecule has 0 rings (SSSR count). The van der Waals surface area contributed by atoms with Crippen molar-refractivity contribution in [1.82, 2.24) is 0 Å². The van der Waals surface area contributed by atoms with Crippen LogP contribution in [0.2, 0.25) is 0 Å². The maximum Gasteiger partial charge on any atom is 0.527 e. The zero-order chi connectivity index (χ0) is 35.2. The molecule has 0 aliphatic carbocycles. The van der Waals surface area contributed by atoms with E-state index in [0.717, 1.165) is 4.74 Å². The van der Waals surface area contributed by atoms with E-state index < -0.39 is 81.1 Å². The molecule has 0 fully saturated rings. The first-order chi connectivity index (χ1) is 17.5. The Labute approximate surface area is 210 Å². The van der Waals surface area contributed by atoms with Crippen molar-refractivity contribution in [1.29, 1.82) is 0 Å². The second-order valence-electron chi connectivity index (χ2n) is 7.23. The molecule has 0 atom stereocenters. The van der Waals surface area contributed by atoms with Gasteiger partial charge in [-0.1, -0.05) is 0 Å². The van der Waals surface area contributed by atoms with E-state index >= 15 is 0 Å². The highest BCUT2D eigenvalue weighted by Crippen LogP contribution is 2.67. The molecule has 0 aliphatic rings. The molecule has 0 aliphatic heterocycles. The molecule has 1 N–H and O–H groups in total. The van der Waals surface area contributed by atoms with Crippen LogP contribution in [0.15, 0.2) is 0 Å². The van der Waals surface area contributed by atoms with Gasteiger partial charge in [-0.25, -0.2) is 4.74 Å². The summed E-state index contributed by atoms with van der Waals surface area (Å²) in [6, 6.07) is 0. The van der Waals surface area contributed by atoms with Crippen molar-refractivity contribution in [2.24, 2.45) is 0 Å². The van der Waals surface area contributed by atoms with Crippen molar-refractivity contribution in [2.45, 2.75) is 71.0 Å². The highest BCUT2D eigenvalue weighted by molar-refractivity contribution is 7.87. The number of halogens is 25. The lowest BCUT2D eigenvalue weighted by molar-refractivity contribution is -0.512. The molecule has 0 saturated heterocycles. The Hall–Kier alpha value is -1.88. The molecule has 30 heteroatoms. The van der Waals surface area contributed by atoms with Crippen LogP contribution in [0.4, 0.5) is 110 Å². The molecule has 0 heterocycles. The molecule has 42 heavy (non-hydrogen) atoms.